The summed E-state index contributed by atoms with van der Waals surface area (Å²) in [5.74, 6) is 0.960. The van der Waals surface area contributed by atoms with Crippen LogP contribution < -0.4 is 14.3 Å². The normalized spacial score (nSPS) is 13.3. The molecule has 0 unspecified atom stereocenters. The fourth-order valence-electron chi connectivity index (χ4n) is 1.85. The maximum absolute atomic E-state index is 12.7. The van der Waals surface area contributed by atoms with Crippen LogP contribution in [-0.2, 0) is 4.57 Å². The van der Waals surface area contributed by atoms with E-state index in [1.807, 2.05) is 19.1 Å². The van der Waals surface area contributed by atoms with Crippen molar-refractivity contribution in [3.63, 3.8) is 0 Å². The zero-order valence-corrected chi connectivity index (χ0v) is 13.7. The van der Waals surface area contributed by atoms with E-state index in [0.29, 0.717) is 22.2 Å². The van der Waals surface area contributed by atoms with Crippen LogP contribution in [0.3, 0.4) is 0 Å². The van der Waals surface area contributed by atoms with Gasteiger partial charge in [-0.05, 0) is 36.8 Å². The Morgan fingerprint density at radius 3 is 2.43 bits per heavy atom. The molecule has 0 radical (unpaired) electrons. The maximum Gasteiger partial charge on any atom is 0.338 e. The molecule has 0 aromatic heterocycles. The Balaban J connectivity index is 2.23. The van der Waals surface area contributed by atoms with Crippen LogP contribution in [-0.4, -0.2) is 13.8 Å². The summed E-state index contributed by atoms with van der Waals surface area (Å²) < 4.78 is 23.4. The van der Waals surface area contributed by atoms with Crippen LogP contribution >= 0.6 is 19.1 Å². The van der Waals surface area contributed by atoms with Crippen LogP contribution in [0, 0.1) is 6.92 Å². The van der Waals surface area contributed by atoms with Crippen molar-refractivity contribution < 1.29 is 13.8 Å². The van der Waals surface area contributed by atoms with E-state index in [1.165, 1.54) is 13.8 Å². The summed E-state index contributed by atoms with van der Waals surface area (Å²) in [6.45, 7) is 3.37. The van der Waals surface area contributed by atoms with E-state index in [9.17, 15) is 4.57 Å². The lowest BCUT2D eigenvalue weighted by Gasteiger charge is -2.20. The monoisotopic (exact) mass is 325 g/mol. The lowest BCUT2D eigenvalue weighted by molar-refractivity contribution is 0.391. The van der Waals surface area contributed by atoms with Crippen molar-refractivity contribution in [2.45, 2.75) is 6.92 Å². The highest BCUT2D eigenvalue weighted by molar-refractivity contribution is 7.60. The zero-order valence-electron chi connectivity index (χ0n) is 12.1. The Morgan fingerprint density at radius 2 is 1.76 bits per heavy atom. The molecule has 0 bridgehead atoms. The van der Waals surface area contributed by atoms with Gasteiger partial charge in [-0.15, -0.1) is 0 Å². The molecule has 21 heavy (non-hydrogen) atoms. The summed E-state index contributed by atoms with van der Waals surface area (Å²) >= 11 is 6.06. The van der Waals surface area contributed by atoms with E-state index < -0.39 is 7.52 Å². The summed E-state index contributed by atoms with van der Waals surface area (Å²) in [6, 6.07) is 12.5. The van der Waals surface area contributed by atoms with Gasteiger partial charge in [-0.2, -0.15) is 0 Å². The van der Waals surface area contributed by atoms with Gasteiger partial charge in [0.25, 0.3) is 0 Å². The van der Waals surface area contributed by atoms with E-state index >= 15 is 0 Å². The van der Waals surface area contributed by atoms with Crippen molar-refractivity contribution >= 4 is 24.8 Å². The molecule has 0 aliphatic carbocycles. The van der Waals surface area contributed by atoms with Crippen LogP contribution in [0.4, 0.5) is 5.69 Å². The van der Waals surface area contributed by atoms with Crippen LogP contribution in [0.2, 0.25) is 5.02 Å². The summed E-state index contributed by atoms with van der Waals surface area (Å²) in [6.07, 6.45) is 0. The first-order chi connectivity index (χ1) is 9.93. The van der Waals surface area contributed by atoms with E-state index in [1.54, 1.807) is 30.3 Å². The molecule has 2 aromatic rings. The highest BCUT2D eigenvalue weighted by Crippen LogP contribution is 2.46. The summed E-state index contributed by atoms with van der Waals surface area (Å²) in [5, 5.41) is 3.53. The number of hydrogen-bond donors (Lipinski definition) is 1. The molecule has 4 nitrogen and oxygen atoms in total. The van der Waals surface area contributed by atoms with Gasteiger partial charge in [0.05, 0.1) is 7.11 Å². The number of halogens is 1. The Morgan fingerprint density at radius 1 is 1.10 bits per heavy atom. The largest absolute Gasteiger partial charge is 0.493 e. The predicted octanol–water partition coefficient (Wildman–Crippen LogP) is 4.97. The van der Waals surface area contributed by atoms with Gasteiger partial charge in [-0.25, -0.2) is 0 Å². The quantitative estimate of drug-likeness (QED) is 0.788. The molecule has 0 spiro atoms. The lowest BCUT2D eigenvalue weighted by atomic mass is 10.2. The van der Waals surface area contributed by atoms with Gasteiger partial charge in [0.2, 0.25) is 0 Å². The van der Waals surface area contributed by atoms with Crippen molar-refractivity contribution in [2.24, 2.45) is 0 Å². The van der Waals surface area contributed by atoms with Gasteiger partial charge < -0.3 is 14.3 Å². The third kappa shape index (κ3) is 3.93. The number of para-hydroxylation sites is 2. The summed E-state index contributed by atoms with van der Waals surface area (Å²) in [4.78, 5) is 0. The van der Waals surface area contributed by atoms with Crippen molar-refractivity contribution in [2.75, 3.05) is 18.9 Å². The van der Waals surface area contributed by atoms with Crippen LogP contribution in [0.25, 0.3) is 0 Å². The first kappa shape index (κ1) is 15.7. The second-order valence-corrected chi connectivity index (χ2v) is 7.12. The first-order valence-corrected chi connectivity index (χ1v) is 8.81. The molecule has 0 amide bonds. The maximum atomic E-state index is 12.7. The van der Waals surface area contributed by atoms with Gasteiger partial charge in [0.1, 0.15) is 0 Å². The average molecular weight is 326 g/mol. The number of rotatable bonds is 5. The Hall–Kier alpha value is -1.64. The van der Waals surface area contributed by atoms with Gasteiger partial charge in [0, 0.05) is 17.4 Å². The SMILES string of the molecule is COc1ccccc1O[P@@](C)(=O)Nc1cccc(Cl)c1C. The first-order valence-electron chi connectivity index (χ1n) is 6.36. The lowest BCUT2D eigenvalue weighted by Crippen LogP contribution is -2.04. The molecular formula is C15H17ClNO3P. The molecule has 112 valence electrons. The number of nitrogens with one attached hydrogen (secondary N) is 1. The zero-order chi connectivity index (χ0) is 15.5. The summed E-state index contributed by atoms with van der Waals surface area (Å²) in [7, 11) is -1.57. The molecule has 0 heterocycles. The van der Waals surface area contributed by atoms with Gasteiger partial charge >= 0.3 is 7.52 Å². The van der Waals surface area contributed by atoms with Gasteiger partial charge in [-0.1, -0.05) is 29.8 Å². The minimum atomic E-state index is -3.11. The number of benzene rings is 2. The minimum Gasteiger partial charge on any atom is -0.493 e. The smallest absolute Gasteiger partial charge is 0.338 e. The van der Waals surface area contributed by atoms with Crippen molar-refractivity contribution in [3.05, 3.63) is 53.1 Å². The second kappa shape index (κ2) is 6.42. The number of ether oxygens (including phenoxy) is 1. The standard InChI is InChI=1S/C15H17ClNO3P/c1-11-12(16)7-6-8-13(11)17-21(3,18)20-15-10-5-4-9-14(15)19-2/h4-10H,1-3H3,(H,17,18)/t21-/m1/s1. The van der Waals surface area contributed by atoms with E-state index in [0.717, 1.165) is 5.56 Å². The molecular weight excluding hydrogens is 309 g/mol. The molecule has 2 aromatic carbocycles. The van der Waals surface area contributed by atoms with E-state index in [-0.39, 0.29) is 0 Å². The van der Waals surface area contributed by atoms with Crippen LogP contribution in [0.5, 0.6) is 11.5 Å². The molecule has 1 N–H and O–H groups in total. The van der Waals surface area contributed by atoms with Crippen LogP contribution in [0.1, 0.15) is 5.56 Å². The molecule has 1 atom stereocenters. The Kier molecular flexibility index (Phi) is 4.81. The second-order valence-electron chi connectivity index (χ2n) is 4.61. The molecule has 0 saturated carbocycles. The van der Waals surface area contributed by atoms with E-state index in [4.69, 9.17) is 20.9 Å². The number of anilines is 1. The van der Waals surface area contributed by atoms with Crippen molar-refractivity contribution in [1.82, 2.24) is 0 Å². The highest BCUT2D eigenvalue weighted by Gasteiger charge is 2.20. The predicted molar refractivity (Wildman–Crippen MR) is 87.0 cm³/mol. The van der Waals surface area contributed by atoms with E-state index in [2.05, 4.69) is 5.09 Å². The Labute approximate surface area is 129 Å². The fraction of sp³-hybridized carbons (Fsp3) is 0.200. The number of hydrogen-bond acceptors (Lipinski definition) is 3. The molecule has 0 fully saturated rings. The van der Waals surface area contributed by atoms with Crippen molar-refractivity contribution in [1.29, 1.82) is 0 Å². The van der Waals surface area contributed by atoms with Crippen molar-refractivity contribution in [3.8, 4) is 11.5 Å². The average Bonchev–Trinajstić information content (AvgIpc) is 2.44. The number of methoxy groups -OCH3 is 1. The Bertz CT molecular complexity index is 690. The van der Waals surface area contributed by atoms with Gasteiger partial charge in [0.15, 0.2) is 11.5 Å². The molecule has 0 saturated heterocycles. The highest BCUT2D eigenvalue weighted by atomic mass is 35.5. The third-order valence-corrected chi connectivity index (χ3v) is 4.53. The topological polar surface area (TPSA) is 47.6 Å². The van der Waals surface area contributed by atoms with Gasteiger partial charge in [-0.3, -0.25) is 4.57 Å². The molecule has 0 aliphatic rings. The molecule has 2 rings (SSSR count). The molecule has 0 aliphatic heterocycles. The molecule has 6 heteroatoms. The third-order valence-electron chi connectivity index (χ3n) is 2.93. The fourth-order valence-corrected chi connectivity index (χ4v) is 3.28. The summed E-state index contributed by atoms with van der Waals surface area (Å²) in [5.41, 5.74) is 1.51. The minimum absolute atomic E-state index is 0.429. The van der Waals surface area contributed by atoms with Crippen LogP contribution in [0.15, 0.2) is 42.5 Å².